The fraction of sp³-hybridized carbons (Fsp3) is 0.263. The van der Waals surface area contributed by atoms with E-state index >= 15 is 0 Å². The highest BCUT2D eigenvalue weighted by molar-refractivity contribution is 6.31. The largest absolute Gasteiger partial charge is 0.457 e. The van der Waals surface area contributed by atoms with E-state index in [-0.39, 0.29) is 28.9 Å². The Morgan fingerprint density at radius 1 is 1.14 bits per heavy atom. The molecule has 1 aromatic carbocycles. The number of carbonyl (C=O) groups is 4. The van der Waals surface area contributed by atoms with Crippen LogP contribution in [-0.2, 0) is 23.9 Å². The van der Waals surface area contributed by atoms with E-state index in [0.717, 1.165) is 6.92 Å². The molecule has 2 aliphatic rings. The van der Waals surface area contributed by atoms with Crippen LogP contribution in [-0.4, -0.2) is 23.8 Å². The molecule has 1 heterocycles. The summed E-state index contributed by atoms with van der Waals surface area (Å²) in [5, 5.41) is 0.125. The second-order valence-electron chi connectivity index (χ2n) is 6.19. The predicted octanol–water partition coefficient (Wildman–Crippen LogP) is 2.80. The second-order valence-corrected chi connectivity index (χ2v) is 6.62. The molecule has 1 amide bonds. The smallest absolute Gasteiger partial charge is 0.322 e. The van der Waals surface area contributed by atoms with Gasteiger partial charge in [-0.3, -0.25) is 24.1 Å². The number of fused-ring (bicyclic) bond motifs is 1. The highest BCUT2D eigenvalue weighted by Gasteiger charge is 2.37. The van der Waals surface area contributed by atoms with Crippen LogP contribution in [0.15, 0.2) is 40.8 Å². The van der Waals surface area contributed by atoms with Crippen molar-refractivity contribution >= 4 is 41.1 Å². The molecule has 0 saturated heterocycles. The first-order valence-corrected chi connectivity index (χ1v) is 8.68. The lowest BCUT2D eigenvalue weighted by molar-refractivity contribution is -0.160. The average Bonchev–Trinajstić information content (AvgIpc) is 2.57. The summed E-state index contributed by atoms with van der Waals surface area (Å²) in [6.07, 6.45) is 1.44. The number of hydrogen-bond acceptors (Lipinski definition) is 7. The first-order valence-electron chi connectivity index (χ1n) is 8.31. The highest BCUT2D eigenvalue weighted by Crippen LogP contribution is 2.45. The predicted molar refractivity (Wildman–Crippen MR) is 97.4 cm³/mol. The van der Waals surface area contributed by atoms with Gasteiger partial charge in [0.05, 0.1) is 11.4 Å². The molecule has 0 fully saturated rings. The van der Waals surface area contributed by atoms with Gasteiger partial charge in [0.15, 0.2) is 5.75 Å². The Labute approximate surface area is 165 Å². The SMILES string of the molecule is CC(=O)OC(=O)C1CC2=C(C=C1Cl)N(C(C)=O)c1ccc(OC(C)=O)cc1O2. The van der Waals surface area contributed by atoms with E-state index in [1.165, 1.54) is 37.0 Å². The number of rotatable bonds is 2. The maximum Gasteiger partial charge on any atom is 0.322 e. The summed E-state index contributed by atoms with van der Waals surface area (Å²) in [4.78, 5) is 48.1. The van der Waals surface area contributed by atoms with Crippen LogP contribution in [0.5, 0.6) is 11.5 Å². The van der Waals surface area contributed by atoms with Gasteiger partial charge >= 0.3 is 17.9 Å². The van der Waals surface area contributed by atoms with Gasteiger partial charge in [-0.15, -0.1) is 0 Å². The van der Waals surface area contributed by atoms with Gasteiger partial charge in [0.1, 0.15) is 17.4 Å². The third kappa shape index (κ3) is 3.77. The van der Waals surface area contributed by atoms with Crippen molar-refractivity contribution in [2.45, 2.75) is 27.2 Å². The van der Waals surface area contributed by atoms with Gasteiger partial charge in [-0.05, 0) is 18.2 Å². The van der Waals surface area contributed by atoms with E-state index in [2.05, 4.69) is 4.74 Å². The Bertz CT molecular complexity index is 963. The molecule has 0 spiro atoms. The molecule has 1 aromatic rings. The summed E-state index contributed by atoms with van der Waals surface area (Å²) >= 11 is 6.22. The van der Waals surface area contributed by atoms with Crippen LogP contribution < -0.4 is 14.4 Å². The Hall–Kier alpha value is -3.13. The summed E-state index contributed by atoms with van der Waals surface area (Å²) in [5.41, 5.74) is 0.824. The lowest BCUT2D eigenvalue weighted by atomic mass is 9.95. The zero-order chi connectivity index (χ0) is 20.6. The highest BCUT2D eigenvalue weighted by atomic mass is 35.5. The number of allylic oxidation sites excluding steroid dienone is 2. The molecule has 0 aromatic heterocycles. The Balaban J connectivity index is 1.99. The van der Waals surface area contributed by atoms with Gasteiger partial charge in [0.2, 0.25) is 5.91 Å². The standard InChI is InChI=1S/C19H16ClNO7/c1-9(22)21-15-5-4-12(26-10(2)23)6-17(15)28-18-7-13(14(20)8-16(18)21)19(25)27-11(3)24/h4-6,8,13H,7H2,1-3H3. The lowest BCUT2D eigenvalue weighted by Gasteiger charge is -2.35. The third-order valence-corrected chi connectivity index (χ3v) is 4.41. The molecule has 146 valence electrons. The van der Waals surface area contributed by atoms with Gasteiger partial charge < -0.3 is 14.2 Å². The van der Waals surface area contributed by atoms with E-state index in [4.69, 9.17) is 21.1 Å². The number of benzene rings is 1. The molecule has 3 rings (SSSR count). The number of ether oxygens (including phenoxy) is 3. The fourth-order valence-electron chi connectivity index (χ4n) is 2.98. The molecule has 1 aliphatic heterocycles. The number of carbonyl (C=O) groups excluding carboxylic acids is 4. The van der Waals surface area contributed by atoms with Crippen molar-refractivity contribution in [1.82, 2.24) is 0 Å². The number of halogens is 1. The third-order valence-electron chi connectivity index (χ3n) is 4.03. The van der Waals surface area contributed by atoms with Crippen molar-refractivity contribution in [1.29, 1.82) is 0 Å². The Kier molecular flexibility index (Phi) is 5.24. The van der Waals surface area contributed by atoms with Crippen LogP contribution in [0.4, 0.5) is 5.69 Å². The zero-order valence-corrected chi connectivity index (χ0v) is 16.0. The van der Waals surface area contributed by atoms with Crippen LogP contribution in [0.25, 0.3) is 0 Å². The molecular formula is C19H16ClNO7. The molecule has 1 atom stereocenters. The van der Waals surface area contributed by atoms with Gasteiger partial charge in [-0.1, -0.05) is 11.6 Å². The van der Waals surface area contributed by atoms with Crippen molar-refractivity contribution in [2.24, 2.45) is 5.92 Å². The van der Waals surface area contributed by atoms with E-state index < -0.39 is 23.8 Å². The average molecular weight is 406 g/mol. The molecule has 0 N–H and O–H groups in total. The summed E-state index contributed by atoms with van der Waals surface area (Å²) in [6.45, 7) is 3.75. The first kappa shape index (κ1) is 19.6. The van der Waals surface area contributed by atoms with Crippen LogP contribution >= 0.6 is 11.6 Å². The van der Waals surface area contributed by atoms with E-state index in [1.54, 1.807) is 6.07 Å². The van der Waals surface area contributed by atoms with Crippen molar-refractivity contribution < 1.29 is 33.4 Å². The van der Waals surface area contributed by atoms with E-state index in [0.29, 0.717) is 17.1 Å². The molecule has 0 saturated carbocycles. The summed E-state index contributed by atoms with van der Waals surface area (Å²) in [7, 11) is 0. The van der Waals surface area contributed by atoms with E-state index in [1.807, 2.05) is 0 Å². The molecule has 8 nitrogen and oxygen atoms in total. The monoisotopic (exact) mass is 405 g/mol. The quantitative estimate of drug-likeness (QED) is 0.423. The Morgan fingerprint density at radius 3 is 2.46 bits per heavy atom. The number of anilines is 1. The minimum absolute atomic E-state index is 0.00219. The summed E-state index contributed by atoms with van der Waals surface area (Å²) < 4.78 is 15.5. The van der Waals surface area contributed by atoms with Crippen molar-refractivity contribution in [2.75, 3.05) is 4.90 Å². The lowest BCUT2D eigenvalue weighted by Crippen LogP contribution is -2.35. The van der Waals surface area contributed by atoms with Crippen LogP contribution in [0.3, 0.4) is 0 Å². The maximum absolute atomic E-state index is 12.3. The molecule has 9 heteroatoms. The minimum Gasteiger partial charge on any atom is -0.457 e. The van der Waals surface area contributed by atoms with Gasteiger partial charge in [0.25, 0.3) is 0 Å². The molecule has 0 radical (unpaired) electrons. The number of nitrogens with zero attached hydrogens (tertiary/aromatic N) is 1. The normalized spacial score (nSPS) is 17.6. The first-order chi connectivity index (χ1) is 13.2. The molecular weight excluding hydrogens is 390 g/mol. The van der Waals surface area contributed by atoms with Crippen molar-refractivity contribution in [3.05, 3.63) is 40.8 Å². The Morgan fingerprint density at radius 2 is 1.86 bits per heavy atom. The van der Waals surface area contributed by atoms with Gasteiger partial charge in [-0.2, -0.15) is 0 Å². The van der Waals surface area contributed by atoms with E-state index in [9.17, 15) is 19.2 Å². The van der Waals surface area contributed by atoms with Crippen LogP contribution in [0, 0.1) is 5.92 Å². The minimum atomic E-state index is -0.934. The molecule has 0 bridgehead atoms. The van der Waals surface area contributed by atoms with Crippen LogP contribution in [0.2, 0.25) is 0 Å². The molecule has 1 aliphatic carbocycles. The maximum atomic E-state index is 12.3. The number of hydrogen-bond donors (Lipinski definition) is 0. The fourth-order valence-corrected chi connectivity index (χ4v) is 3.25. The second kappa shape index (κ2) is 7.47. The van der Waals surface area contributed by atoms with Gasteiger partial charge in [-0.25, -0.2) is 0 Å². The topological polar surface area (TPSA) is 99.2 Å². The molecule has 1 unspecified atom stereocenters. The van der Waals surface area contributed by atoms with Crippen molar-refractivity contribution in [3.8, 4) is 11.5 Å². The number of esters is 3. The van der Waals surface area contributed by atoms with Gasteiger partial charge in [0, 0.05) is 38.3 Å². The summed E-state index contributed by atoms with van der Waals surface area (Å²) in [6, 6.07) is 4.59. The van der Waals surface area contributed by atoms with Crippen molar-refractivity contribution in [3.63, 3.8) is 0 Å². The molecule has 28 heavy (non-hydrogen) atoms. The summed E-state index contributed by atoms with van der Waals surface area (Å²) in [5.74, 6) is -2.47. The zero-order valence-electron chi connectivity index (χ0n) is 15.3. The number of amides is 1. The van der Waals surface area contributed by atoms with Crippen LogP contribution in [0.1, 0.15) is 27.2 Å².